The highest BCUT2D eigenvalue weighted by molar-refractivity contribution is 7.33. The summed E-state index contributed by atoms with van der Waals surface area (Å²) in [4.78, 5) is 5.21. The molecule has 12 rings (SSSR count). The van der Waals surface area contributed by atoms with E-state index < -0.39 is 0 Å². The Balaban J connectivity index is 1.17. The van der Waals surface area contributed by atoms with Gasteiger partial charge in [-0.2, -0.15) is 0 Å². The maximum Gasteiger partial charge on any atom is 0.264 e. The van der Waals surface area contributed by atoms with Crippen molar-refractivity contribution in [3.63, 3.8) is 0 Å². The van der Waals surface area contributed by atoms with E-state index in [2.05, 4.69) is 213 Å². The monoisotopic (exact) mass is 904 g/mol. The highest BCUT2D eigenvalue weighted by atomic mass is 32.1. The fourth-order valence-electron chi connectivity index (χ4n) is 10.8. The van der Waals surface area contributed by atoms with Gasteiger partial charge >= 0.3 is 0 Å². The van der Waals surface area contributed by atoms with Gasteiger partial charge in [0.05, 0.1) is 11.4 Å². The third-order valence-electron chi connectivity index (χ3n) is 14.5. The summed E-state index contributed by atoms with van der Waals surface area (Å²) in [5, 5.41) is 3.52. The molecule has 0 bridgehead atoms. The van der Waals surface area contributed by atoms with Gasteiger partial charge in [0.15, 0.2) is 0 Å². The van der Waals surface area contributed by atoms with E-state index in [4.69, 9.17) is 8.83 Å². The molecule has 0 amide bonds. The molecule has 0 spiro atoms. The Labute approximate surface area is 404 Å². The molecule has 336 valence electrons. The second kappa shape index (κ2) is 14.9. The van der Waals surface area contributed by atoms with Crippen LogP contribution in [0.5, 0.6) is 0 Å². The summed E-state index contributed by atoms with van der Waals surface area (Å²) in [6, 6.07) is 54.0. The Bertz CT molecular complexity index is 3590. The van der Waals surface area contributed by atoms with Crippen LogP contribution in [0, 0.1) is 13.8 Å². The molecule has 68 heavy (non-hydrogen) atoms. The van der Waals surface area contributed by atoms with E-state index in [9.17, 15) is 0 Å². The maximum absolute atomic E-state index is 6.63. The van der Waals surface area contributed by atoms with Crippen molar-refractivity contribution in [1.29, 1.82) is 0 Å². The van der Waals surface area contributed by atoms with Gasteiger partial charge in [0.1, 0.15) is 22.7 Å². The predicted molar refractivity (Wildman–Crippen MR) is 292 cm³/mol. The SMILES string of the molecule is Cc1cc(C(C)(C)C)cc(C)c1N1c2cc(C(C)(C)C)cc3c2B(c2cc(-c4cc5ccccc5o4)ccc2N3c2ccc(-c3cc4ccccc4o3)cc2)c2sc3ccc(C(C)(C)C)cc3c21. The van der Waals surface area contributed by atoms with Gasteiger partial charge in [0.2, 0.25) is 0 Å². The molecule has 2 aliphatic heterocycles. The second-order valence-electron chi connectivity index (χ2n) is 22.4. The number of para-hydroxylation sites is 2. The lowest BCUT2D eigenvalue weighted by Gasteiger charge is -2.45. The van der Waals surface area contributed by atoms with E-state index in [1.54, 1.807) is 0 Å². The van der Waals surface area contributed by atoms with Gasteiger partial charge in [0, 0.05) is 59.5 Å². The van der Waals surface area contributed by atoms with Crippen LogP contribution in [-0.4, -0.2) is 6.71 Å². The normalized spacial score (nSPS) is 13.7. The van der Waals surface area contributed by atoms with Crippen molar-refractivity contribution < 1.29 is 8.83 Å². The molecule has 0 radical (unpaired) electrons. The molecule has 2 aliphatic rings. The third kappa shape index (κ3) is 6.70. The summed E-state index contributed by atoms with van der Waals surface area (Å²) in [5.41, 5.74) is 20.2. The first-order valence-electron chi connectivity index (χ1n) is 24.1. The van der Waals surface area contributed by atoms with Crippen LogP contribution in [0.3, 0.4) is 0 Å². The van der Waals surface area contributed by atoms with Crippen molar-refractivity contribution in [2.45, 2.75) is 92.4 Å². The maximum atomic E-state index is 6.63. The molecular formula is C62H57BN2O2S. The number of nitrogens with zero attached hydrogens (tertiary/aromatic N) is 2. The number of hydrogen-bond donors (Lipinski definition) is 0. The van der Waals surface area contributed by atoms with Crippen molar-refractivity contribution in [2.24, 2.45) is 0 Å². The van der Waals surface area contributed by atoms with Crippen molar-refractivity contribution in [3.05, 3.63) is 173 Å². The zero-order valence-corrected chi connectivity index (χ0v) is 41.9. The lowest BCUT2D eigenvalue weighted by Crippen LogP contribution is -2.60. The van der Waals surface area contributed by atoms with Crippen LogP contribution in [-0.2, 0) is 16.2 Å². The Kier molecular flexibility index (Phi) is 9.31. The zero-order chi connectivity index (χ0) is 47.2. The molecule has 0 saturated heterocycles. The number of aryl methyl sites for hydroxylation is 2. The first-order chi connectivity index (χ1) is 32.4. The van der Waals surface area contributed by atoms with E-state index in [-0.39, 0.29) is 23.0 Å². The minimum atomic E-state index is -0.147. The summed E-state index contributed by atoms with van der Waals surface area (Å²) in [7, 11) is 0. The highest BCUT2D eigenvalue weighted by Gasteiger charge is 2.47. The lowest BCUT2D eigenvalue weighted by atomic mass is 9.36. The summed E-state index contributed by atoms with van der Waals surface area (Å²) in [5.74, 6) is 1.74. The lowest BCUT2D eigenvalue weighted by molar-refractivity contribution is 0.589. The summed E-state index contributed by atoms with van der Waals surface area (Å²) >= 11 is 1.96. The third-order valence-corrected chi connectivity index (χ3v) is 15.7. The molecule has 7 aromatic carbocycles. The number of furan rings is 2. The molecule has 0 saturated carbocycles. The van der Waals surface area contributed by atoms with E-state index in [1.807, 2.05) is 29.5 Å². The zero-order valence-electron chi connectivity index (χ0n) is 41.1. The number of rotatable bonds is 4. The first kappa shape index (κ1) is 42.6. The van der Waals surface area contributed by atoms with Crippen LogP contribution in [0.4, 0.5) is 34.1 Å². The van der Waals surface area contributed by atoms with Crippen LogP contribution in [0.25, 0.3) is 54.7 Å². The summed E-state index contributed by atoms with van der Waals surface area (Å²) in [6.45, 7) is 25.6. The Morgan fingerprint density at radius 3 is 1.60 bits per heavy atom. The van der Waals surface area contributed by atoms with Crippen LogP contribution in [0.2, 0.25) is 0 Å². The Morgan fingerprint density at radius 1 is 0.471 bits per heavy atom. The number of anilines is 6. The average molecular weight is 905 g/mol. The van der Waals surface area contributed by atoms with Crippen LogP contribution in [0.15, 0.2) is 154 Å². The summed E-state index contributed by atoms with van der Waals surface area (Å²) < 4.78 is 15.7. The van der Waals surface area contributed by atoms with Crippen LogP contribution in [0.1, 0.15) is 90.1 Å². The van der Waals surface area contributed by atoms with E-state index in [1.165, 1.54) is 82.0 Å². The largest absolute Gasteiger partial charge is 0.456 e. The van der Waals surface area contributed by atoms with Gasteiger partial charge in [-0.05, 0) is 154 Å². The van der Waals surface area contributed by atoms with Gasteiger partial charge in [-0.3, -0.25) is 0 Å². The average Bonchev–Trinajstić information content (AvgIpc) is 4.04. The van der Waals surface area contributed by atoms with E-state index in [0.29, 0.717) is 0 Å². The second-order valence-corrected chi connectivity index (χ2v) is 23.5. The van der Waals surface area contributed by atoms with Gasteiger partial charge in [0.25, 0.3) is 6.71 Å². The smallest absolute Gasteiger partial charge is 0.264 e. The van der Waals surface area contributed by atoms with Crippen molar-refractivity contribution in [3.8, 4) is 22.6 Å². The van der Waals surface area contributed by atoms with Gasteiger partial charge in [-0.25, -0.2) is 0 Å². The van der Waals surface area contributed by atoms with E-state index in [0.717, 1.165) is 50.3 Å². The molecule has 0 aliphatic carbocycles. The predicted octanol–water partition coefficient (Wildman–Crippen LogP) is 16.3. The minimum absolute atomic E-state index is 0.00985. The van der Waals surface area contributed by atoms with Crippen molar-refractivity contribution >= 4 is 99.9 Å². The quantitative estimate of drug-likeness (QED) is 0.165. The highest BCUT2D eigenvalue weighted by Crippen LogP contribution is 2.52. The van der Waals surface area contributed by atoms with Crippen molar-refractivity contribution in [2.75, 3.05) is 9.80 Å². The molecule has 3 aromatic heterocycles. The molecule has 0 fully saturated rings. The molecule has 0 N–H and O–H groups in total. The molecule has 5 heterocycles. The standard InChI is InChI=1S/C62H57BN2O2S/c1-36-28-43(61(6,7)8)29-37(2)57(36)65-50-35-44(62(9,10)11)34-49-56(50)63(59-58(65)46-33-42(60(3,4)5)23-27-55(46)68-59)47-30-41(54-32-40-17-13-15-19-52(40)67-54)22-26-48(47)64(49)45-24-20-38(21-25-45)53-31-39-16-12-14-18-51(39)66-53/h12-35H,1-11H3. The molecule has 0 atom stereocenters. The van der Waals surface area contributed by atoms with Crippen LogP contribution < -0.4 is 25.5 Å². The molecule has 4 nitrogen and oxygen atoms in total. The van der Waals surface area contributed by atoms with Gasteiger partial charge in [-0.15, -0.1) is 11.3 Å². The van der Waals surface area contributed by atoms with Crippen molar-refractivity contribution in [1.82, 2.24) is 0 Å². The number of thiophene rings is 1. The molecular weight excluding hydrogens is 848 g/mol. The van der Waals surface area contributed by atoms with Gasteiger partial charge in [-0.1, -0.05) is 123 Å². The minimum Gasteiger partial charge on any atom is -0.456 e. The number of fused-ring (bicyclic) bond motifs is 8. The Morgan fingerprint density at radius 2 is 1.01 bits per heavy atom. The topological polar surface area (TPSA) is 32.8 Å². The van der Waals surface area contributed by atoms with Crippen LogP contribution >= 0.6 is 11.3 Å². The molecule has 6 heteroatoms. The fraction of sp³-hybridized carbons (Fsp3) is 0.226. The molecule has 10 aromatic rings. The summed E-state index contributed by atoms with van der Waals surface area (Å²) in [6.07, 6.45) is 0. The molecule has 0 unspecified atom stereocenters. The van der Waals surface area contributed by atoms with Gasteiger partial charge < -0.3 is 18.6 Å². The fourth-order valence-corrected chi connectivity index (χ4v) is 12.1. The first-order valence-corrected chi connectivity index (χ1v) is 24.9. The number of hydrogen-bond acceptors (Lipinski definition) is 5. The number of benzene rings is 7. The van der Waals surface area contributed by atoms with E-state index >= 15 is 0 Å². The Hall–Kier alpha value is -6.76.